The lowest BCUT2D eigenvalue weighted by molar-refractivity contribution is -0.124. The molecule has 0 spiro atoms. The van der Waals surface area contributed by atoms with Gasteiger partial charge < -0.3 is 4.57 Å². The average Bonchev–Trinajstić information content (AvgIpc) is 3.03. The van der Waals surface area contributed by atoms with Crippen LogP contribution in [0.3, 0.4) is 0 Å². The molecule has 1 atom stereocenters. The van der Waals surface area contributed by atoms with E-state index in [0.717, 1.165) is 40.8 Å². The molecule has 2 aromatic rings. The summed E-state index contributed by atoms with van der Waals surface area (Å²) in [6, 6.07) is 8.21. The quantitative estimate of drug-likeness (QED) is 0.704. The molecule has 2 heterocycles. The number of aromatic nitrogens is 1. The van der Waals surface area contributed by atoms with Gasteiger partial charge in [-0.2, -0.15) is 0 Å². The van der Waals surface area contributed by atoms with Crippen LogP contribution >= 0.6 is 11.8 Å². The maximum Gasteiger partial charge on any atom is 0.293 e. The highest BCUT2D eigenvalue weighted by Gasteiger charge is 2.37. The molecule has 0 N–H and O–H groups in total. The van der Waals surface area contributed by atoms with Gasteiger partial charge in [0.25, 0.3) is 11.1 Å². The summed E-state index contributed by atoms with van der Waals surface area (Å²) in [5, 5.41) is -0.227. The van der Waals surface area contributed by atoms with Crippen molar-refractivity contribution in [2.45, 2.75) is 40.2 Å². The molecule has 0 aliphatic carbocycles. The monoisotopic (exact) mass is 372 g/mol. The minimum Gasteiger partial charge on any atom is -0.318 e. The molecule has 0 bridgehead atoms. The molecule has 136 valence electrons. The smallest absolute Gasteiger partial charge is 0.293 e. The Morgan fingerprint density at radius 1 is 1.23 bits per heavy atom. The molecule has 6 heteroatoms. The van der Waals surface area contributed by atoms with Gasteiger partial charge in [-0.25, -0.2) is 4.39 Å². The van der Waals surface area contributed by atoms with Crippen molar-refractivity contribution in [3.05, 3.63) is 58.0 Å². The van der Waals surface area contributed by atoms with Gasteiger partial charge in [0, 0.05) is 23.1 Å². The molecule has 26 heavy (non-hydrogen) atoms. The van der Waals surface area contributed by atoms with Gasteiger partial charge in [-0.1, -0.05) is 13.0 Å². The lowest BCUT2D eigenvalue weighted by atomic mass is 10.2. The molecule has 3 rings (SSSR count). The largest absolute Gasteiger partial charge is 0.318 e. The highest BCUT2D eigenvalue weighted by atomic mass is 32.2. The summed E-state index contributed by atoms with van der Waals surface area (Å²) in [5.41, 5.74) is 3.40. The molecule has 1 fully saturated rings. The highest BCUT2D eigenvalue weighted by Crippen LogP contribution is 2.35. The van der Waals surface area contributed by atoms with E-state index < -0.39 is 0 Å². The van der Waals surface area contributed by atoms with Gasteiger partial charge in [-0.3, -0.25) is 14.5 Å². The third kappa shape index (κ3) is 3.21. The predicted octanol–water partition coefficient (Wildman–Crippen LogP) is 5.07. The third-order valence-electron chi connectivity index (χ3n) is 4.68. The fourth-order valence-electron chi connectivity index (χ4n) is 3.13. The number of carbonyl (C=O) groups excluding carboxylic acids is 2. The van der Waals surface area contributed by atoms with Gasteiger partial charge in [-0.15, -0.1) is 0 Å². The van der Waals surface area contributed by atoms with E-state index in [1.54, 1.807) is 12.1 Å². The first-order valence-electron chi connectivity index (χ1n) is 8.55. The summed E-state index contributed by atoms with van der Waals surface area (Å²) in [7, 11) is 0. The fourth-order valence-corrected chi connectivity index (χ4v) is 4.05. The maximum atomic E-state index is 13.6. The summed E-state index contributed by atoms with van der Waals surface area (Å²) in [6.07, 6.45) is 2.48. The molecule has 1 aromatic carbocycles. The average molecular weight is 372 g/mol. The van der Waals surface area contributed by atoms with Gasteiger partial charge in [-0.05, 0) is 74.9 Å². The van der Waals surface area contributed by atoms with Crippen molar-refractivity contribution in [1.29, 1.82) is 0 Å². The zero-order valence-electron chi connectivity index (χ0n) is 15.2. The Hall–Kier alpha value is -2.34. The molecule has 1 aliphatic rings. The molecular formula is C20H21FN2O2S. The number of hydrogen-bond acceptors (Lipinski definition) is 3. The SMILES string of the molecule is CC[C@H](C)N1C(=O)S/C(=C/c2cc(C)n(-c3cccc(F)c3)c2C)C1=O. The van der Waals surface area contributed by atoms with Crippen molar-refractivity contribution in [3.8, 4) is 5.69 Å². The fraction of sp³-hybridized carbons (Fsp3) is 0.300. The van der Waals surface area contributed by atoms with Crippen LogP contribution < -0.4 is 0 Å². The van der Waals surface area contributed by atoms with Gasteiger partial charge in [0.2, 0.25) is 0 Å². The Kier molecular flexibility index (Phi) is 5.05. The van der Waals surface area contributed by atoms with Crippen LogP contribution in [0.5, 0.6) is 0 Å². The molecule has 0 radical (unpaired) electrons. The minimum absolute atomic E-state index is 0.117. The Bertz CT molecular complexity index is 917. The zero-order chi connectivity index (χ0) is 19.0. The van der Waals surface area contributed by atoms with Crippen LogP contribution in [0.15, 0.2) is 35.2 Å². The molecule has 2 amide bonds. The van der Waals surface area contributed by atoms with Crippen LogP contribution in [0.4, 0.5) is 9.18 Å². The summed E-state index contributed by atoms with van der Waals surface area (Å²) >= 11 is 0.972. The van der Waals surface area contributed by atoms with E-state index in [1.807, 2.05) is 44.4 Å². The van der Waals surface area contributed by atoms with Crippen LogP contribution in [0.2, 0.25) is 0 Å². The zero-order valence-corrected chi connectivity index (χ0v) is 16.1. The number of aryl methyl sites for hydroxylation is 1. The van der Waals surface area contributed by atoms with Crippen molar-refractivity contribution in [2.75, 3.05) is 0 Å². The number of halogens is 1. The minimum atomic E-state index is -0.300. The van der Waals surface area contributed by atoms with E-state index in [2.05, 4.69) is 0 Å². The number of imide groups is 1. The molecular weight excluding hydrogens is 351 g/mol. The summed E-state index contributed by atoms with van der Waals surface area (Å²) in [6.45, 7) is 7.67. The molecule has 1 aromatic heterocycles. The lowest BCUT2D eigenvalue weighted by Gasteiger charge is -2.19. The van der Waals surface area contributed by atoms with Crippen molar-refractivity contribution in [3.63, 3.8) is 0 Å². The van der Waals surface area contributed by atoms with Crippen LogP contribution in [0.1, 0.15) is 37.2 Å². The first-order chi connectivity index (χ1) is 12.3. The summed E-state index contributed by atoms with van der Waals surface area (Å²) in [5.74, 6) is -0.545. The van der Waals surface area contributed by atoms with Crippen molar-refractivity contribution in [1.82, 2.24) is 9.47 Å². The van der Waals surface area contributed by atoms with Crippen LogP contribution in [0, 0.1) is 19.7 Å². The Labute approximate surface area is 156 Å². The van der Waals surface area contributed by atoms with Gasteiger partial charge in [0.1, 0.15) is 5.82 Å². The number of amides is 2. The third-order valence-corrected chi connectivity index (χ3v) is 5.56. The van der Waals surface area contributed by atoms with Crippen LogP contribution in [-0.4, -0.2) is 26.7 Å². The highest BCUT2D eigenvalue weighted by molar-refractivity contribution is 8.18. The second-order valence-electron chi connectivity index (χ2n) is 6.45. The van der Waals surface area contributed by atoms with Crippen molar-refractivity contribution in [2.24, 2.45) is 0 Å². The Balaban J connectivity index is 1.99. The maximum absolute atomic E-state index is 13.6. The van der Waals surface area contributed by atoms with Crippen molar-refractivity contribution < 1.29 is 14.0 Å². The lowest BCUT2D eigenvalue weighted by Crippen LogP contribution is -2.36. The second-order valence-corrected chi connectivity index (χ2v) is 7.44. The number of rotatable bonds is 4. The summed E-state index contributed by atoms with van der Waals surface area (Å²) in [4.78, 5) is 26.5. The molecule has 0 unspecified atom stereocenters. The number of hydrogen-bond donors (Lipinski definition) is 0. The van der Waals surface area contributed by atoms with Gasteiger partial charge >= 0.3 is 0 Å². The van der Waals surface area contributed by atoms with Gasteiger partial charge in [0.05, 0.1) is 4.91 Å². The van der Waals surface area contributed by atoms with E-state index >= 15 is 0 Å². The normalized spacial score (nSPS) is 17.4. The molecule has 1 saturated heterocycles. The molecule has 4 nitrogen and oxygen atoms in total. The van der Waals surface area contributed by atoms with E-state index in [-0.39, 0.29) is 23.0 Å². The van der Waals surface area contributed by atoms with Gasteiger partial charge in [0.15, 0.2) is 0 Å². The number of nitrogens with zero attached hydrogens (tertiary/aromatic N) is 2. The van der Waals surface area contributed by atoms with E-state index in [0.29, 0.717) is 4.91 Å². The first-order valence-corrected chi connectivity index (χ1v) is 9.37. The standard InChI is InChI=1S/C20H21FN2O2S/c1-5-12(2)23-19(24)18(26-20(23)25)10-15-9-13(3)22(14(15)4)17-8-6-7-16(21)11-17/h6-12H,5H2,1-4H3/b18-10+/t12-/m0/s1. The van der Waals surface area contributed by atoms with Crippen molar-refractivity contribution >= 4 is 29.0 Å². The summed E-state index contributed by atoms with van der Waals surface area (Å²) < 4.78 is 15.5. The first kappa shape index (κ1) is 18.5. The van der Waals surface area contributed by atoms with E-state index in [9.17, 15) is 14.0 Å². The number of benzene rings is 1. The topological polar surface area (TPSA) is 42.3 Å². The Morgan fingerprint density at radius 3 is 2.62 bits per heavy atom. The molecule has 1 aliphatic heterocycles. The second kappa shape index (κ2) is 7.11. The number of carbonyl (C=O) groups is 2. The predicted molar refractivity (Wildman–Crippen MR) is 103 cm³/mol. The van der Waals surface area contributed by atoms with Crippen LogP contribution in [0.25, 0.3) is 11.8 Å². The van der Waals surface area contributed by atoms with E-state index in [4.69, 9.17) is 0 Å². The Morgan fingerprint density at radius 2 is 1.96 bits per heavy atom. The van der Waals surface area contributed by atoms with E-state index in [1.165, 1.54) is 17.0 Å². The molecule has 0 saturated carbocycles. The van der Waals surface area contributed by atoms with Crippen LogP contribution in [-0.2, 0) is 4.79 Å². The number of thioether (sulfide) groups is 1.